The molecule has 2 heterocycles. The Morgan fingerprint density at radius 2 is 1.72 bits per heavy atom. The Labute approximate surface area is 152 Å². The monoisotopic (exact) mass is 358 g/mol. The van der Waals surface area contributed by atoms with Gasteiger partial charge in [0.1, 0.15) is 6.54 Å². The van der Waals surface area contributed by atoms with E-state index in [1.807, 2.05) is 20.8 Å². The highest BCUT2D eigenvalue weighted by atomic mass is 32.2. The van der Waals surface area contributed by atoms with Crippen molar-refractivity contribution >= 4 is 34.9 Å². The summed E-state index contributed by atoms with van der Waals surface area (Å²) in [6, 6.07) is 4.11. The third-order valence-corrected chi connectivity index (χ3v) is 5.55. The van der Waals surface area contributed by atoms with Crippen LogP contribution < -0.4 is 0 Å². The standard InChI is InChI=1S/C19H22N2O3S/c1-12-8-13(2)15(14(3)9-12)10-16-18(23)21(19(24)25-16)11-17(22)20-6-4-5-7-20/h8-10H,4-7,11H2,1-3H3/b16-10+. The van der Waals surface area contributed by atoms with Gasteiger partial charge in [-0.2, -0.15) is 0 Å². The van der Waals surface area contributed by atoms with Gasteiger partial charge >= 0.3 is 0 Å². The summed E-state index contributed by atoms with van der Waals surface area (Å²) < 4.78 is 0. The van der Waals surface area contributed by atoms with E-state index in [0.29, 0.717) is 18.0 Å². The number of likely N-dealkylation sites (tertiary alicyclic amines) is 1. The van der Waals surface area contributed by atoms with Crippen molar-refractivity contribution in [1.29, 1.82) is 0 Å². The predicted molar refractivity (Wildman–Crippen MR) is 99.1 cm³/mol. The summed E-state index contributed by atoms with van der Waals surface area (Å²) in [5, 5.41) is -0.369. The molecule has 0 saturated carbocycles. The van der Waals surface area contributed by atoms with Crippen molar-refractivity contribution in [3.63, 3.8) is 0 Å². The number of rotatable bonds is 3. The molecule has 0 N–H and O–H groups in total. The highest BCUT2D eigenvalue weighted by Crippen LogP contribution is 2.33. The normalized spacial score (nSPS) is 19.4. The van der Waals surface area contributed by atoms with Crippen molar-refractivity contribution in [2.24, 2.45) is 0 Å². The SMILES string of the molecule is Cc1cc(C)c(/C=C2/SC(=O)N(CC(=O)N3CCCC3)C2=O)c(C)c1. The molecule has 2 saturated heterocycles. The number of nitrogens with zero attached hydrogens (tertiary/aromatic N) is 2. The Bertz CT molecular complexity index is 756. The fourth-order valence-corrected chi connectivity index (χ4v) is 4.21. The zero-order valence-electron chi connectivity index (χ0n) is 14.8. The summed E-state index contributed by atoms with van der Waals surface area (Å²) in [5.41, 5.74) is 4.26. The Hall–Kier alpha value is -2.08. The first-order valence-electron chi connectivity index (χ1n) is 8.48. The Kier molecular flexibility index (Phi) is 4.99. The molecule has 6 heteroatoms. The van der Waals surface area contributed by atoms with E-state index in [2.05, 4.69) is 12.1 Å². The molecule has 2 aliphatic heterocycles. The molecule has 3 rings (SSSR count). The van der Waals surface area contributed by atoms with E-state index >= 15 is 0 Å². The number of hydrogen-bond acceptors (Lipinski definition) is 4. The summed E-state index contributed by atoms with van der Waals surface area (Å²) >= 11 is 0.911. The van der Waals surface area contributed by atoms with Crippen LogP contribution >= 0.6 is 11.8 Å². The first-order chi connectivity index (χ1) is 11.9. The zero-order valence-corrected chi connectivity index (χ0v) is 15.6. The molecule has 1 aromatic rings. The van der Waals surface area contributed by atoms with E-state index in [1.165, 1.54) is 0 Å². The lowest BCUT2D eigenvalue weighted by Crippen LogP contribution is -2.40. The molecule has 132 valence electrons. The lowest BCUT2D eigenvalue weighted by Gasteiger charge is -2.18. The van der Waals surface area contributed by atoms with E-state index in [-0.39, 0.29) is 23.6 Å². The lowest BCUT2D eigenvalue weighted by molar-refractivity contribution is -0.135. The third-order valence-electron chi connectivity index (χ3n) is 4.64. The van der Waals surface area contributed by atoms with Gasteiger partial charge in [0.05, 0.1) is 4.91 Å². The maximum atomic E-state index is 12.6. The van der Waals surface area contributed by atoms with Gasteiger partial charge in [0.2, 0.25) is 5.91 Å². The smallest absolute Gasteiger partial charge is 0.294 e. The van der Waals surface area contributed by atoms with Gasteiger partial charge in [-0.05, 0) is 68.1 Å². The van der Waals surface area contributed by atoms with Crippen molar-refractivity contribution in [3.8, 4) is 0 Å². The molecule has 0 bridgehead atoms. The summed E-state index contributed by atoms with van der Waals surface area (Å²) in [7, 11) is 0. The molecule has 3 amide bonds. The number of aryl methyl sites for hydroxylation is 3. The Balaban J connectivity index is 1.80. The molecule has 0 unspecified atom stereocenters. The fraction of sp³-hybridized carbons (Fsp3) is 0.421. The first-order valence-corrected chi connectivity index (χ1v) is 9.29. The predicted octanol–water partition coefficient (Wildman–Crippen LogP) is 3.27. The largest absolute Gasteiger partial charge is 0.341 e. The van der Waals surface area contributed by atoms with Crippen LogP contribution in [-0.4, -0.2) is 46.5 Å². The third kappa shape index (κ3) is 3.63. The molecule has 0 spiro atoms. The van der Waals surface area contributed by atoms with Gasteiger partial charge in [-0.25, -0.2) is 0 Å². The number of carbonyl (C=O) groups excluding carboxylic acids is 3. The number of hydrogen-bond donors (Lipinski definition) is 0. The highest BCUT2D eigenvalue weighted by Gasteiger charge is 2.37. The van der Waals surface area contributed by atoms with Gasteiger partial charge in [0.15, 0.2) is 0 Å². The van der Waals surface area contributed by atoms with Crippen LogP contribution in [0.4, 0.5) is 4.79 Å². The van der Waals surface area contributed by atoms with Gasteiger partial charge in [-0.15, -0.1) is 0 Å². The van der Waals surface area contributed by atoms with Gasteiger partial charge in [-0.3, -0.25) is 19.3 Å². The Morgan fingerprint density at radius 1 is 1.12 bits per heavy atom. The van der Waals surface area contributed by atoms with Crippen LogP contribution in [0.3, 0.4) is 0 Å². The van der Waals surface area contributed by atoms with Crippen LogP contribution in [0.1, 0.15) is 35.1 Å². The molecule has 0 aromatic heterocycles. The maximum Gasteiger partial charge on any atom is 0.294 e. The van der Waals surface area contributed by atoms with Crippen molar-refractivity contribution in [2.75, 3.05) is 19.6 Å². The maximum absolute atomic E-state index is 12.6. The number of thioether (sulfide) groups is 1. The molecule has 1 aromatic carbocycles. The van der Waals surface area contributed by atoms with Crippen LogP contribution in [0.15, 0.2) is 17.0 Å². The van der Waals surface area contributed by atoms with E-state index < -0.39 is 0 Å². The molecule has 0 aliphatic carbocycles. The highest BCUT2D eigenvalue weighted by molar-refractivity contribution is 8.18. The minimum atomic E-state index is -0.373. The lowest BCUT2D eigenvalue weighted by atomic mass is 9.99. The number of carbonyl (C=O) groups is 3. The van der Waals surface area contributed by atoms with E-state index in [9.17, 15) is 14.4 Å². The quantitative estimate of drug-likeness (QED) is 0.778. The molecule has 25 heavy (non-hydrogen) atoms. The minimum Gasteiger partial charge on any atom is -0.341 e. The molecular formula is C19H22N2O3S. The van der Waals surface area contributed by atoms with Crippen LogP contribution in [0.2, 0.25) is 0 Å². The van der Waals surface area contributed by atoms with Crippen LogP contribution in [-0.2, 0) is 9.59 Å². The van der Waals surface area contributed by atoms with Crippen LogP contribution in [0.5, 0.6) is 0 Å². The first kappa shape index (κ1) is 17.7. The fourth-order valence-electron chi connectivity index (χ4n) is 3.39. The minimum absolute atomic E-state index is 0.149. The summed E-state index contributed by atoms with van der Waals surface area (Å²) in [4.78, 5) is 40.2. The number of benzene rings is 1. The molecule has 0 radical (unpaired) electrons. The van der Waals surface area contributed by atoms with Crippen molar-refractivity contribution in [3.05, 3.63) is 39.3 Å². The van der Waals surface area contributed by atoms with E-state index in [0.717, 1.165) is 51.8 Å². The van der Waals surface area contributed by atoms with E-state index in [4.69, 9.17) is 0 Å². The topological polar surface area (TPSA) is 57.7 Å². The summed E-state index contributed by atoms with van der Waals surface area (Å²) in [6.45, 7) is 7.29. The second kappa shape index (κ2) is 7.04. The molecule has 5 nitrogen and oxygen atoms in total. The molecule has 2 aliphatic rings. The molecular weight excluding hydrogens is 336 g/mol. The molecule has 0 atom stereocenters. The molecule has 2 fully saturated rings. The van der Waals surface area contributed by atoms with Gasteiger partial charge in [-0.1, -0.05) is 17.7 Å². The van der Waals surface area contributed by atoms with E-state index in [1.54, 1.807) is 11.0 Å². The van der Waals surface area contributed by atoms with Crippen LogP contribution in [0, 0.1) is 20.8 Å². The summed E-state index contributed by atoms with van der Waals surface area (Å²) in [6.07, 6.45) is 3.74. The van der Waals surface area contributed by atoms with Gasteiger partial charge in [0, 0.05) is 13.1 Å². The number of amides is 3. The average Bonchev–Trinajstić information content (AvgIpc) is 3.15. The van der Waals surface area contributed by atoms with Crippen molar-refractivity contribution in [2.45, 2.75) is 33.6 Å². The van der Waals surface area contributed by atoms with Gasteiger partial charge < -0.3 is 4.90 Å². The second-order valence-corrected chi connectivity index (χ2v) is 7.66. The zero-order chi connectivity index (χ0) is 18.1. The summed E-state index contributed by atoms with van der Waals surface area (Å²) in [5.74, 6) is -0.523. The van der Waals surface area contributed by atoms with Crippen LogP contribution in [0.25, 0.3) is 6.08 Å². The second-order valence-electron chi connectivity index (χ2n) is 6.67. The van der Waals surface area contributed by atoms with Crippen molar-refractivity contribution < 1.29 is 14.4 Å². The number of imide groups is 1. The van der Waals surface area contributed by atoms with Gasteiger partial charge in [0.25, 0.3) is 11.1 Å². The van der Waals surface area contributed by atoms with Crippen molar-refractivity contribution in [1.82, 2.24) is 9.80 Å². The average molecular weight is 358 g/mol. The Morgan fingerprint density at radius 3 is 2.32 bits per heavy atom.